The molecule has 0 aliphatic heterocycles. The Balaban J connectivity index is 0.000000420. The molecule has 2 aliphatic carbocycles. The largest absolute Gasteiger partial charge is 0.413 e. The van der Waals surface area contributed by atoms with Gasteiger partial charge >= 0.3 is 12.4 Å². The molecule has 2 aliphatic rings. The molecule has 0 saturated heterocycles. The molecule has 0 amide bonds. The molecule has 5 radical (unpaired) electrons. The summed E-state index contributed by atoms with van der Waals surface area (Å²) in [5.41, 5.74) is 25.2. The van der Waals surface area contributed by atoms with Crippen LogP contribution in [0.15, 0.2) is 83.3 Å². The van der Waals surface area contributed by atoms with E-state index in [1.54, 1.807) is 0 Å². The van der Waals surface area contributed by atoms with Crippen molar-refractivity contribution < 1.29 is 27.8 Å². The van der Waals surface area contributed by atoms with Crippen LogP contribution in [-0.2, 0) is 0 Å². The van der Waals surface area contributed by atoms with Crippen LogP contribution >= 0.6 is 0 Å². The predicted molar refractivity (Wildman–Crippen MR) is 340 cm³/mol. The number of hydrogen-bond donors (Lipinski definition) is 0. The Labute approximate surface area is 501 Å². The quantitative estimate of drug-likeness (QED) is 0.0596. The molecular weight excluding hydrogens is 1070 g/mol. The van der Waals surface area contributed by atoms with E-state index in [1.165, 1.54) is 47.2 Å². The Morgan fingerprint density at radius 2 is 0.432 bits per heavy atom. The Morgan fingerprint density at radius 3 is 0.568 bits per heavy atom. The monoisotopic (exact) mass is 1170 g/mol. The van der Waals surface area contributed by atoms with E-state index in [9.17, 15) is 26.3 Å². The maximum Gasteiger partial charge on any atom is 0.413 e. The van der Waals surface area contributed by atoms with Crippen molar-refractivity contribution in [2.24, 2.45) is 0 Å². The second-order valence-electron chi connectivity index (χ2n) is 26.5. The zero-order chi connectivity index (χ0) is 60.5. The maximum absolute atomic E-state index is 14.5. The summed E-state index contributed by atoms with van der Waals surface area (Å²) in [6, 6.07) is 17.6. The van der Waals surface area contributed by atoms with Gasteiger partial charge in [-0.25, -0.2) is 0 Å². The second kappa shape index (κ2) is 27.6. The molecule has 439 valence electrons. The third-order valence-electron chi connectivity index (χ3n) is 16.0. The number of benzene rings is 4. The van der Waals surface area contributed by atoms with Gasteiger partial charge in [-0.15, -0.1) is 11.5 Å². The van der Waals surface area contributed by atoms with Crippen molar-refractivity contribution in [1.82, 2.24) is 0 Å². The van der Waals surface area contributed by atoms with Crippen molar-refractivity contribution in [3.05, 3.63) is 185 Å². The van der Waals surface area contributed by atoms with Gasteiger partial charge in [-0.05, 0) is 172 Å². The zero-order valence-electron chi connectivity index (χ0n) is 53.7. The van der Waals surface area contributed by atoms with Crippen LogP contribution in [0.1, 0.15) is 328 Å². The SMILES string of the molecule is CC(C)c1cc(C(C)C)c(C2=C=C(c3c(C(C)C)cc(C(C)C)cc3C(C)C)C=C(C(F)(F)F)[CH]2)c(C(C)C)c1.CC(C)c1cc(C(C)C)c(C2=C=C(c3c(C(C)C)cc(C(C)C)cc3C(C)C)C=C(C(F)(F)F)[CH]2)c(C(C)C)c1.[Ga].[HH]. The molecule has 0 atom stereocenters. The van der Waals surface area contributed by atoms with Gasteiger partial charge in [-0.2, -0.15) is 26.3 Å². The Hall–Kier alpha value is -4.38. The molecule has 0 bridgehead atoms. The van der Waals surface area contributed by atoms with E-state index in [-0.39, 0.29) is 68.6 Å². The summed E-state index contributed by atoms with van der Waals surface area (Å²) < 4.78 is 87.3. The molecule has 0 N–H and O–H groups in total. The molecule has 6 rings (SSSR count). The van der Waals surface area contributed by atoms with E-state index < -0.39 is 23.5 Å². The molecule has 0 fully saturated rings. The molecule has 4 aromatic rings. The molecule has 0 nitrogen and oxygen atoms in total. The van der Waals surface area contributed by atoms with Gasteiger partial charge < -0.3 is 0 Å². The minimum Gasteiger partial charge on any atom is -0.166 e. The Bertz CT molecular complexity index is 2780. The summed E-state index contributed by atoms with van der Waals surface area (Å²) in [7, 11) is 0. The first-order valence-corrected chi connectivity index (χ1v) is 29.9. The molecule has 0 spiro atoms. The minimum absolute atomic E-state index is 0. The van der Waals surface area contributed by atoms with Gasteiger partial charge in [0.05, 0.1) is 0 Å². The topological polar surface area (TPSA) is 0 Å². The van der Waals surface area contributed by atoms with E-state index in [4.69, 9.17) is 0 Å². The van der Waals surface area contributed by atoms with Gasteiger partial charge in [0.2, 0.25) is 0 Å². The van der Waals surface area contributed by atoms with Crippen LogP contribution in [0.25, 0.3) is 22.3 Å². The van der Waals surface area contributed by atoms with Crippen LogP contribution in [-0.4, -0.2) is 32.1 Å². The molecular formula is C74H98F6Ga. The summed E-state index contributed by atoms with van der Waals surface area (Å²) in [4.78, 5) is 0. The van der Waals surface area contributed by atoms with Crippen LogP contribution in [0.3, 0.4) is 0 Å². The first-order valence-electron chi connectivity index (χ1n) is 29.9. The number of hydrogen-bond acceptors (Lipinski definition) is 0. The minimum atomic E-state index is -4.47. The van der Waals surface area contributed by atoms with Gasteiger partial charge in [0.1, 0.15) is 0 Å². The van der Waals surface area contributed by atoms with Gasteiger partial charge in [-0.1, -0.05) is 215 Å². The molecule has 0 aromatic heterocycles. The Morgan fingerprint density at radius 1 is 0.272 bits per heavy atom. The van der Waals surface area contributed by atoms with Crippen LogP contribution < -0.4 is 0 Å². The van der Waals surface area contributed by atoms with E-state index in [0.29, 0.717) is 46.0 Å². The third kappa shape index (κ3) is 16.1. The number of allylic oxidation sites excluding steroid dienone is 6. The smallest absolute Gasteiger partial charge is 0.166 e. The normalized spacial score (nSPS) is 14.5. The van der Waals surface area contributed by atoms with Crippen molar-refractivity contribution in [1.29, 1.82) is 0 Å². The van der Waals surface area contributed by atoms with Gasteiger partial charge in [0, 0.05) is 67.5 Å². The zero-order valence-corrected chi connectivity index (χ0v) is 56.1. The predicted octanol–water partition coefficient (Wildman–Crippen LogP) is 24.3. The van der Waals surface area contributed by atoms with Crippen molar-refractivity contribution in [2.75, 3.05) is 0 Å². The van der Waals surface area contributed by atoms with Gasteiger partial charge in [0.25, 0.3) is 0 Å². The van der Waals surface area contributed by atoms with Crippen LogP contribution in [0, 0.1) is 12.8 Å². The number of alkyl halides is 6. The molecule has 7 heteroatoms. The molecule has 0 unspecified atom stereocenters. The van der Waals surface area contributed by atoms with Crippen molar-refractivity contribution >= 4 is 42.1 Å². The summed E-state index contributed by atoms with van der Waals surface area (Å²) >= 11 is 0. The van der Waals surface area contributed by atoms with Crippen LogP contribution in [0.2, 0.25) is 0 Å². The standard InChI is InChI=1S/2C37H48F3.Ga.H2/c2*1-20(2)26-16-31(22(5)6)35(32(17-26)23(7)8)28-13-29(15-30(14-28)37(38,39)40)36-33(24(9)10)18-27(21(3)4)19-34(36)25(11)12;;/h2*14-25H,1-12H3;;1H. The van der Waals surface area contributed by atoms with Gasteiger partial charge in [0.15, 0.2) is 0 Å². The summed E-state index contributed by atoms with van der Waals surface area (Å²) in [6.45, 7) is 51.3. The van der Waals surface area contributed by atoms with Crippen molar-refractivity contribution in [3.63, 3.8) is 0 Å². The van der Waals surface area contributed by atoms with E-state index in [1.807, 2.05) is 0 Å². The average molecular weight is 1170 g/mol. The van der Waals surface area contributed by atoms with Crippen molar-refractivity contribution in [2.45, 2.75) is 250 Å². The van der Waals surface area contributed by atoms with E-state index in [0.717, 1.165) is 66.8 Å². The third-order valence-corrected chi connectivity index (χ3v) is 16.0. The van der Waals surface area contributed by atoms with Gasteiger partial charge in [-0.3, -0.25) is 0 Å². The Kier molecular flexibility index (Phi) is 23.5. The first-order chi connectivity index (χ1) is 36.9. The number of rotatable bonds is 16. The fraction of sp³-hybridized carbons (Fsp3) is 0.514. The van der Waals surface area contributed by atoms with Crippen molar-refractivity contribution in [3.8, 4) is 0 Å². The fourth-order valence-electron chi connectivity index (χ4n) is 11.1. The summed E-state index contributed by atoms with van der Waals surface area (Å²) in [5.74, 6) is 2.53. The van der Waals surface area contributed by atoms with Crippen LogP contribution in [0.4, 0.5) is 26.3 Å². The average Bonchev–Trinajstić information content (AvgIpc) is 3.35. The van der Waals surface area contributed by atoms with Crippen LogP contribution in [0.5, 0.6) is 0 Å². The first kappa shape index (κ1) is 69.1. The number of halogens is 6. The molecule has 0 saturated carbocycles. The fourth-order valence-corrected chi connectivity index (χ4v) is 11.1. The van der Waals surface area contributed by atoms with E-state index in [2.05, 4.69) is 226 Å². The molecule has 0 heterocycles. The maximum atomic E-state index is 14.5. The van der Waals surface area contributed by atoms with E-state index >= 15 is 0 Å². The summed E-state index contributed by atoms with van der Waals surface area (Å²) in [6.07, 6.45) is -3.67. The molecule has 81 heavy (non-hydrogen) atoms. The summed E-state index contributed by atoms with van der Waals surface area (Å²) in [5, 5.41) is 0. The molecule has 4 aromatic carbocycles. The second-order valence-corrected chi connectivity index (χ2v) is 26.5.